The standard InChI is InChI=1S/C23H22F2N2O4/c1-12(2)20(10-26-31)27-11-17(23(29)30)22(28)16-8-15(18(24)9-19(16)27)7-14-6-4-5-13(3)21(14)25/h4-6,8-9,11-12,20H,7,10H2,1-3H3,(H,29,30). The molecule has 0 amide bonds. The first-order valence-electron chi connectivity index (χ1n) is 9.79. The van der Waals surface area contributed by atoms with Crippen LogP contribution in [0.15, 0.2) is 46.5 Å². The third kappa shape index (κ3) is 4.23. The van der Waals surface area contributed by atoms with Crippen LogP contribution in [0.5, 0.6) is 0 Å². The van der Waals surface area contributed by atoms with Gasteiger partial charge in [0.25, 0.3) is 0 Å². The largest absolute Gasteiger partial charge is 0.477 e. The van der Waals surface area contributed by atoms with Crippen molar-refractivity contribution in [2.45, 2.75) is 33.2 Å². The number of hydrogen-bond donors (Lipinski definition) is 1. The first-order valence-corrected chi connectivity index (χ1v) is 9.79. The molecule has 1 aromatic heterocycles. The lowest BCUT2D eigenvalue weighted by molar-refractivity contribution is 0.0694. The van der Waals surface area contributed by atoms with E-state index in [1.165, 1.54) is 16.7 Å². The molecule has 8 heteroatoms. The van der Waals surface area contributed by atoms with Gasteiger partial charge in [-0.1, -0.05) is 37.2 Å². The van der Waals surface area contributed by atoms with E-state index in [0.717, 1.165) is 12.3 Å². The minimum Gasteiger partial charge on any atom is -0.477 e. The zero-order chi connectivity index (χ0) is 22.9. The number of carboxylic acid groups (broad SMARTS) is 1. The van der Waals surface area contributed by atoms with Gasteiger partial charge in [0.2, 0.25) is 5.43 Å². The van der Waals surface area contributed by atoms with Crippen molar-refractivity contribution in [3.63, 3.8) is 0 Å². The van der Waals surface area contributed by atoms with E-state index in [-0.39, 0.29) is 40.9 Å². The molecule has 0 fully saturated rings. The fourth-order valence-corrected chi connectivity index (χ4v) is 3.72. The van der Waals surface area contributed by atoms with Gasteiger partial charge in [-0.05, 0) is 41.7 Å². The first-order chi connectivity index (χ1) is 14.6. The smallest absolute Gasteiger partial charge is 0.341 e. The zero-order valence-electron chi connectivity index (χ0n) is 17.4. The molecule has 0 aliphatic carbocycles. The van der Waals surface area contributed by atoms with E-state index in [2.05, 4.69) is 5.18 Å². The van der Waals surface area contributed by atoms with E-state index in [1.54, 1.807) is 19.1 Å². The van der Waals surface area contributed by atoms with Crippen molar-refractivity contribution >= 4 is 16.9 Å². The van der Waals surface area contributed by atoms with E-state index in [1.807, 2.05) is 13.8 Å². The summed E-state index contributed by atoms with van der Waals surface area (Å²) >= 11 is 0. The average molecular weight is 428 g/mol. The second kappa shape index (κ2) is 8.75. The van der Waals surface area contributed by atoms with Gasteiger partial charge in [0, 0.05) is 18.0 Å². The Balaban J connectivity index is 2.29. The Hall–Kier alpha value is -3.42. The van der Waals surface area contributed by atoms with Gasteiger partial charge in [0.1, 0.15) is 23.7 Å². The summed E-state index contributed by atoms with van der Waals surface area (Å²) in [6.07, 6.45) is 1.03. The summed E-state index contributed by atoms with van der Waals surface area (Å²) in [4.78, 5) is 35.5. The maximum absolute atomic E-state index is 15.0. The van der Waals surface area contributed by atoms with E-state index in [0.29, 0.717) is 5.56 Å². The van der Waals surface area contributed by atoms with Gasteiger partial charge < -0.3 is 9.67 Å². The summed E-state index contributed by atoms with van der Waals surface area (Å²) in [6.45, 7) is 5.05. The van der Waals surface area contributed by atoms with Crippen LogP contribution in [0.1, 0.15) is 46.9 Å². The number of hydrogen-bond acceptors (Lipinski definition) is 4. The first kappa shape index (κ1) is 22.3. The number of carboxylic acids is 1. The summed E-state index contributed by atoms with van der Waals surface area (Å²) in [7, 11) is 0. The quantitative estimate of drug-likeness (QED) is 0.546. The van der Waals surface area contributed by atoms with Crippen LogP contribution >= 0.6 is 0 Å². The van der Waals surface area contributed by atoms with Crippen molar-refractivity contribution in [3.05, 3.63) is 85.5 Å². The fourth-order valence-electron chi connectivity index (χ4n) is 3.72. The molecule has 0 aliphatic rings. The molecule has 1 heterocycles. The lowest BCUT2D eigenvalue weighted by Gasteiger charge is -2.24. The molecule has 0 spiro atoms. The molecule has 0 aliphatic heterocycles. The third-order valence-electron chi connectivity index (χ3n) is 5.47. The third-order valence-corrected chi connectivity index (χ3v) is 5.47. The Morgan fingerprint density at radius 2 is 1.90 bits per heavy atom. The highest BCUT2D eigenvalue weighted by Crippen LogP contribution is 2.27. The van der Waals surface area contributed by atoms with Gasteiger partial charge in [-0.15, -0.1) is 0 Å². The van der Waals surface area contributed by atoms with Gasteiger partial charge in [-0.3, -0.25) is 4.79 Å². The predicted octanol–water partition coefficient (Wildman–Crippen LogP) is 4.84. The van der Waals surface area contributed by atoms with Crippen molar-refractivity contribution in [2.75, 3.05) is 6.54 Å². The summed E-state index contributed by atoms with van der Waals surface area (Å²) in [6, 6.07) is 6.61. The van der Waals surface area contributed by atoms with Gasteiger partial charge in [-0.25, -0.2) is 13.6 Å². The molecule has 1 atom stereocenters. The van der Waals surface area contributed by atoms with Crippen LogP contribution in [0, 0.1) is 29.4 Å². The van der Waals surface area contributed by atoms with E-state index in [4.69, 9.17) is 0 Å². The van der Waals surface area contributed by atoms with Crippen LogP contribution in [-0.2, 0) is 6.42 Å². The summed E-state index contributed by atoms with van der Waals surface area (Å²) in [5.74, 6) is -2.70. The van der Waals surface area contributed by atoms with Crippen LogP contribution in [0.25, 0.3) is 10.9 Å². The average Bonchev–Trinajstić information content (AvgIpc) is 2.71. The molecule has 3 rings (SSSR count). The normalized spacial score (nSPS) is 12.3. The van der Waals surface area contributed by atoms with Crippen molar-refractivity contribution < 1.29 is 18.7 Å². The van der Waals surface area contributed by atoms with Crippen LogP contribution in [0.3, 0.4) is 0 Å². The van der Waals surface area contributed by atoms with Crippen molar-refractivity contribution in [1.29, 1.82) is 0 Å². The Morgan fingerprint density at radius 1 is 1.19 bits per heavy atom. The molecule has 0 saturated heterocycles. The predicted molar refractivity (Wildman–Crippen MR) is 114 cm³/mol. The number of fused-ring (bicyclic) bond motifs is 1. The molecule has 1 unspecified atom stereocenters. The molecule has 0 radical (unpaired) electrons. The molecule has 6 nitrogen and oxygen atoms in total. The van der Waals surface area contributed by atoms with E-state index >= 15 is 4.39 Å². The highest BCUT2D eigenvalue weighted by atomic mass is 19.1. The van der Waals surface area contributed by atoms with Crippen LogP contribution in [0.2, 0.25) is 0 Å². The summed E-state index contributed by atoms with van der Waals surface area (Å²) < 4.78 is 30.9. The summed E-state index contributed by atoms with van der Waals surface area (Å²) in [5, 5.41) is 12.4. The van der Waals surface area contributed by atoms with Gasteiger partial charge in [0.15, 0.2) is 0 Å². The summed E-state index contributed by atoms with van der Waals surface area (Å²) in [5.41, 5.74) is -0.371. The maximum Gasteiger partial charge on any atom is 0.341 e. The van der Waals surface area contributed by atoms with Crippen molar-refractivity contribution in [1.82, 2.24) is 4.57 Å². The number of halogens is 2. The molecule has 2 aromatic carbocycles. The number of carbonyl (C=O) groups is 1. The molecular weight excluding hydrogens is 406 g/mol. The lowest BCUT2D eigenvalue weighted by Crippen LogP contribution is -2.25. The van der Waals surface area contributed by atoms with Crippen LogP contribution in [0.4, 0.5) is 8.78 Å². The molecule has 0 bridgehead atoms. The lowest BCUT2D eigenvalue weighted by atomic mass is 9.98. The number of aryl methyl sites for hydroxylation is 1. The van der Waals surface area contributed by atoms with Gasteiger partial charge in [0.05, 0.1) is 11.6 Å². The number of rotatable bonds is 7. The Morgan fingerprint density at radius 3 is 2.52 bits per heavy atom. The second-order valence-electron chi connectivity index (χ2n) is 7.89. The molecule has 1 N–H and O–H groups in total. The Labute approximate surface area is 177 Å². The minimum atomic E-state index is -1.43. The SMILES string of the molecule is Cc1cccc(Cc2cc3c(=O)c(C(=O)O)cn(C(CN=O)C(C)C)c3cc2F)c1F. The number of nitroso groups, excluding NO2 is 1. The molecule has 31 heavy (non-hydrogen) atoms. The monoisotopic (exact) mass is 428 g/mol. The number of pyridine rings is 1. The van der Waals surface area contributed by atoms with Gasteiger partial charge in [-0.2, -0.15) is 4.91 Å². The fraction of sp³-hybridized carbons (Fsp3) is 0.304. The molecule has 3 aromatic rings. The van der Waals surface area contributed by atoms with Gasteiger partial charge >= 0.3 is 5.97 Å². The Bertz CT molecular complexity index is 1230. The van der Waals surface area contributed by atoms with E-state index < -0.39 is 34.6 Å². The molecule has 0 saturated carbocycles. The molecule has 162 valence electrons. The highest BCUT2D eigenvalue weighted by Gasteiger charge is 2.23. The number of benzene rings is 2. The number of aromatic carboxylic acids is 1. The van der Waals surface area contributed by atoms with E-state index in [9.17, 15) is 24.0 Å². The zero-order valence-corrected chi connectivity index (χ0v) is 17.4. The molecular formula is C23H22F2N2O4. The maximum atomic E-state index is 15.0. The minimum absolute atomic E-state index is 0.0130. The highest BCUT2D eigenvalue weighted by molar-refractivity contribution is 5.92. The number of nitrogens with zero attached hydrogens (tertiary/aromatic N) is 2. The van der Waals surface area contributed by atoms with Crippen molar-refractivity contribution in [3.8, 4) is 0 Å². The number of aromatic nitrogens is 1. The Kier molecular flexibility index (Phi) is 6.29. The van der Waals surface area contributed by atoms with Crippen LogP contribution in [-0.4, -0.2) is 22.2 Å². The topological polar surface area (TPSA) is 88.7 Å². The van der Waals surface area contributed by atoms with Crippen molar-refractivity contribution in [2.24, 2.45) is 11.1 Å². The second-order valence-corrected chi connectivity index (χ2v) is 7.89. The van der Waals surface area contributed by atoms with Crippen LogP contribution < -0.4 is 5.43 Å².